The Bertz CT molecular complexity index is 310. The smallest absolute Gasteiger partial charge is 0.132 e. The van der Waals surface area contributed by atoms with Crippen molar-refractivity contribution in [1.29, 1.82) is 0 Å². The molecule has 0 saturated carbocycles. The predicted molar refractivity (Wildman–Crippen MR) is 55.9 cm³/mol. The molecule has 0 aromatic heterocycles. The number of phenolic OH excluding ortho intramolecular Hbond substituents is 1. The first-order valence-corrected chi connectivity index (χ1v) is 5.24. The molecule has 1 aliphatic rings. The maximum atomic E-state index is 9.70. The van der Waals surface area contributed by atoms with Crippen LogP contribution in [-0.2, 0) is 6.42 Å². The molecule has 1 heterocycles. The fraction of sp³-hybridized carbons (Fsp3) is 0.400. The summed E-state index contributed by atoms with van der Waals surface area (Å²) >= 11 is 3.31. The van der Waals surface area contributed by atoms with Crippen molar-refractivity contribution in [2.45, 2.75) is 6.42 Å². The molecule has 0 amide bonds. The second-order valence-electron chi connectivity index (χ2n) is 3.48. The molecule has 1 aromatic carbocycles. The molecule has 0 unspecified atom stereocenters. The number of phenols is 1. The van der Waals surface area contributed by atoms with E-state index >= 15 is 0 Å². The Hall–Kier alpha value is -0.540. The third-order valence-electron chi connectivity index (χ3n) is 2.44. The fourth-order valence-corrected chi connectivity index (χ4v) is 1.94. The maximum Gasteiger partial charge on any atom is 0.132 e. The SMILES string of the molecule is Oc1c(Br)cccc1CC1CNC1. The quantitative estimate of drug-likeness (QED) is 0.830. The molecule has 2 rings (SSSR count). The first-order valence-electron chi connectivity index (χ1n) is 4.44. The Kier molecular flexibility index (Phi) is 2.56. The Morgan fingerprint density at radius 1 is 1.46 bits per heavy atom. The molecule has 1 aromatic rings. The number of benzene rings is 1. The second-order valence-corrected chi connectivity index (χ2v) is 4.33. The van der Waals surface area contributed by atoms with E-state index in [1.54, 1.807) is 0 Å². The average Bonchev–Trinajstić information content (AvgIpc) is 2.04. The maximum absolute atomic E-state index is 9.70. The van der Waals surface area contributed by atoms with Gasteiger partial charge in [-0.15, -0.1) is 0 Å². The van der Waals surface area contributed by atoms with Crippen molar-refractivity contribution in [2.24, 2.45) is 5.92 Å². The Morgan fingerprint density at radius 3 is 2.85 bits per heavy atom. The van der Waals surface area contributed by atoms with Crippen molar-refractivity contribution in [1.82, 2.24) is 5.32 Å². The van der Waals surface area contributed by atoms with Gasteiger partial charge in [0.25, 0.3) is 0 Å². The van der Waals surface area contributed by atoms with E-state index in [-0.39, 0.29) is 0 Å². The third kappa shape index (κ3) is 1.86. The van der Waals surface area contributed by atoms with Crippen molar-refractivity contribution >= 4 is 15.9 Å². The Morgan fingerprint density at radius 2 is 2.23 bits per heavy atom. The summed E-state index contributed by atoms with van der Waals surface area (Å²) in [5, 5.41) is 12.9. The number of rotatable bonds is 2. The van der Waals surface area contributed by atoms with Gasteiger partial charge in [0.1, 0.15) is 5.75 Å². The van der Waals surface area contributed by atoms with Crippen LogP contribution in [0.15, 0.2) is 22.7 Å². The van der Waals surface area contributed by atoms with Crippen LogP contribution in [0.5, 0.6) is 5.75 Å². The summed E-state index contributed by atoms with van der Waals surface area (Å²) in [4.78, 5) is 0. The number of para-hydroxylation sites is 1. The minimum absolute atomic E-state index is 0.398. The van der Waals surface area contributed by atoms with Crippen molar-refractivity contribution in [3.8, 4) is 5.75 Å². The summed E-state index contributed by atoms with van der Waals surface area (Å²) in [5.41, 5.74) is 1.04. The summed E-state index contributed by atoms with van der Waals surface area (Å²) in [6.07, 6.45) is 0.971. The van der Waals surface area contributed by atoms with E-state index in [1.807, 2.05) is 18.2 Å². The lowest BCUT2D eigenvalue weighted by molar-refractivity contribution is 0.341. The Labute approximate surface area is 86.1 Å². The summed E-state index contributed by atoms with van der Waals surface area (Å²) in [6.45, 7) is 2.15. The van der Waals surface area contributed by atoms with E-state index in [9.17, 15) is 5.11 Å². The lowest BCUT2D eigenvalue weighted by atomic mass is 9.94. The highest BCUT2D eigenvalue weighted by Crippen LogP contribution is 2.29. The standard InChI is InChI=1S/C10H12BrNO/c11-9-3-1-2-8(10(9)13)4-7-5-12-6-7/h1-3,7,12-13H,4-6H2. The molecule has 13 heavy (non-hydrogen) atoms. The van der Waals surface area contributed by atoms with Crippen molar-refractivity contribution in [3.05, 3.63) is 28.2 Å². The molecule has 1 fully saturated rings. The molecule has 70 valence electrons. The molecule has 0 atom stereocenters. The Balaban J connectivity index is 2.14. The highest BCUT2D eigenvalue weighted by Gasteiger charge is 2.18. The van der Waals surface area contributed by atoms with Crippen molar-refractivity contribution in [3.63, 3.8) is 0 Å². The molecule has 0 aliphatic carbocycles. The van der Waals surface area contributed by atoms with Gasteiger partial charge in [-0.2, -0.15) is 0 Å². The number of hydrogen-bond acceptors (Lipinski definition) is 2. The predicted octanol–water partition coefficient (Wildman–Crippen LogP) is 1.92. The van der Waals surface area contributed by atoms with Gasteiger partial charge in [0.2, 0.25) is 0 Å². The summed E-state index contributed by atoms with van der Waals surface area (Å²) in [6, 6.07) is 5.81. The van der Waals surface area contributed by atoms with Crippen LogP contribution in [0, 0.1) is 5.92 Å². The van der Waals surface area contributed by atoms with Crippen molar-refractivity contribution < 1.29 is 5.11 Å². The average molecular weight is 242 g/mol. The topological polar surface area (TPSA) is 32.3 Å². The number of aromatic hydroxyl groups is 1. The minimum Gasteiger partial charge on any atom is -0.506 e. The zero-order valence-corrected chi connectivity index (χ0v) is 8.84. The molecule has 0 bridgehead atoms. The van der Waals surface area contributed by atoms with Gasteiger partial charge in [-0.3, -0.25) is 0 Å². The van der Waals surface area contributed by atoms with Crippen molar-refractivity contribution in [2.75, 3.05) is 13.1 Å². The van der Waals surface area contributed by atoms with Gasteiger partial charge in [-0.05, 0) is 53.0 Å². The number of nitrogens with one attached hydrogen (secondary N) is 1. The van der Waals surface area contributed by atoms with Gasteiger partial charge in [-0.1, -0.05) is 12.1 Å². The summed E-state index contributed by atoms with van der Waals surface area (Å²) in [5.74, 6) is 1.09. The first-order chi connectivity index (χ1) is 6.27. The lowest BCUT2D eigenvalue weighted by Crippen LogP contribution is -2.43. The summed E-state index contributed by atoms with van der Waals surface area (Å²) in [7, 11) is 0. The molecule has 2 N–H and O–H groups in total. The van der Waals surface area contributed by atoms with E-state index < -0.39 is 0 Å². The fourth-order valence-electron chi connectivity index (χ4n) is 1.53. The molecular formula is C10H12BrNO. The largest absolute Gasteiger partial charge is 0.506 e. The van der Waals surface area contributed by atoms with Gasteiger partial charge < -0.3 is 10.4 Å². The molecule has 3 heteroatoms. The minimum atomic E-state index is 0.398. The zero-order valence-electron chi connectivity index (χ0n) is 7.26. The monoisotopic (exact) mass is 241 g/mol. The first kappa shape index (κ1) is 9.03. The second kappa shape index (κ2) is 3.68. The molecule has 2 nitrogen and oxygen atoms in total. The van der Waals surface area contributed by atoms with Crippen LogP contribution in [0.3, 0.4) is 0 Å². The van der Waals surface area contributed by atoms with E-state index in [0.29, 0.717) is 11.7 Å². The van der Waals surface area contributed by atoms with Crippen LogP contribution in [0.1, 0.15) is 5.56 Å². The number of halogens is 1. The van der Waals surface area contributed by atoms with Crippen LogP contribution in [-0.4, -0.2) is 18.2 Å². The van der Waals surface area contributed by atoms with Crippen LogP contribution in [0.4, 0.5) is 0 Å². The molecule has 0 spiro atoms. The molecule has 1 aliphatic heterocycles. The van der Waals surface area contributed by atoms with Gasteiger partial charge in [0.05, 0.1) is 4.47 Å². The van der Waals surface area contributed by atoms with E-state index in [2.05, 4.69) is 21.2 Å². The normalized spacial score (nSPS) is 17.0. The zero-order chi connectivity index (χ0) is 9.26. The molecule has 0 radical (unpaired) electrons. The van der Waals surface area contributed by atoms with Gasteiger partial charge in [0.15, 0.2) is 0 Å². The van der Waals surface area contributed by atoms with Crippen LogP contribution >= 0.6 is 15.9 Å². The van der Waals surface area contributed by atoms with E-state index in [4.69, 9.17) is 0 Å². The number of hydrogen-bond donors (Lipinski definition) is 2. The highest BCUT2D eigenvalue weighted by molar-refractivity contribution is 9.10. The third-order valence-corrected chi connectivity index (χ3v) is 3.08. The lowest BCUT2D eigenvalue weighted by Gasteiger charge is -2.27. The van der Waals surface area contributed by atoms with E-state index in [1.165, 1.54) is 0 Å². The molecular weight excluding hydrogens is 230 g/mol. The molecule has 1 saturated heterocycles. The van der Waals surface area contributed by atoms with Gasteiger partial charge in [0, 0.05) is 0 Å². The van der Waals surface area contributed by atoms with Gasteiger partial charge in [-0.25, -0.2) is 0 Å². The highest BCUT2D eigenvalue weighted by atomic mass is 79.9. The van der Waals surface area contributed by atoms with Crippen LogP contribution in [0.2, 0.25) is 0 Å². The summed E-state index contributed by atoms with van der Waals surface area (Å²) < 4.78 is 0.789. The van der Waals surface area contributed by atoms with E-state index in [0.717, 1.165) is 29.5 Å². The van der Waals surface area contributed by atoms with Crippen LogP contribution in [0.25, 0.3) is 0 Å². The van der Waals surface area contributed by atoms with Gasteiger partial charge >= 0.3 is 0 Å². The van der Waals surface area contributed by atoms with Crippen LogP contribution < -0.4 is 5.32 Å².